The quantitative estimate of drug-likeness (QED) is 0.499. The lowest BCUT2D eigenvalue weighted by atomic mass is 9.98. The topological polar surface area (TPSA) is 104 Å². The van der Waals surface area contributed by atoms with Crippen LogP contribution in [-0.2, 0) is 33.3 Å². The van der Waals surface area contributed by atoms with E-state index in [2.05, 4.69) is 17.6 Å². The van der Waals surface area contributed by atoms with Crippen molar-refractivity contribution in [2.45, 2.75) is 115 Å². The number of nitrogens with one attached hydrogen (secondary N) is 2. The third-order valence-corrected chi connectivity index (χ3v) is 5.69. The largest absolute Gasteiger partial charge is 0.355 e. The van der Waals surface area contributed by atoms with E-state index in [-0.39, 0.29) is 12.5 Å². The van der Waals surface area contributed by atoms with Crippen LogP contribution in [-0.4, -0.2) is 67.2 Å². The van der Waals surface area contributed by atoms with E-state index in [1.165, 1.54) is 25.7 Å². The molecule has 2 N–H and O–H groups in total. The summed E-state index contributed by atoms with van der Waals surface area (Å²) in [5.74, 6) is -2.38. The van der Waals surface area contributed by atoms with E-state index in [9.17, 15) is 9.59 Å². The number of ether oxygens (including phenoxy) is 5. The van der Waals surface area contributed by atoms with Gasteiger partial charge >= 0.3 is 0 Å². The van der Waals surface area contributed by atoms with Gasteiger partial charge in [0.1, 0.15) is 18.3 Å². The van der Waals surface area contributed by atoms with Crippen LogP contribution in [0.15, 0.2) is 0 Å². The Hall–Kier alpha value is -1.26. The highest BCUT2D eigenvalue weighted by molar-refractivity contribution is 5.87. The maximum absolute atomic E-state index is 12.8. The summed E-state index contributed by atoms with van der Waals surface area (Å²) in [6.45, 7) is 9.82. The van der Waals surface area contributed by atoms with Crippen LogP contribution >= 0.6 is 0 Å². The first-order chi connectivity index (χ1) is 14.6. The fourth-order valence-electron chi connectivity index (χ4n) is 4.29. The average Bonchev–Trinajstić information content (AvgIpc) is 3.18. The molecule has 3 aliphatic heterocycles. The monoisotopic (exact) mass is 442 g/mol. The van der Waals surface area contributed by atoms with Crippen molar-refractivity contribution in [2.24, 2.45) is 0 Å². The molecule has 2 amide bonds. The Morgan fingerprint density at radius 1 is 0.774 bits per heavy atom. The molecule has 5 atom stereocenters. The molecule has 0 aliphatic carbocycles. The zero-order valence-corrected chi connectivity index (χ0v) is 19.4. The molecule has 3 fully saturated rings. The summed E-state index contributed by atoms with van der Waals surface area (Å²) in [6, 6.07) is 0. The highest BCUT2D eigenvalue weighted by atomic mass is 16.9. The van der Waals surface area contributed by atoms with Crippen LogP contribution in [0.3, 0.4) is 0 Å². The molecule has 3 saturated heterocycles. The van der Waals surface area contributed by atoms with Crippen LogP contribution in [0, 0.1) is 0 Å². The molecule has 0 aromatic rings. The fraction of sp³-hybridized carbons (Fsp3) is 0.909. The Bertz CT molecular complexity index is 639. The summed E-state index contributed by atoms with van der Waals surface area (Å²) in [7, 11) is 0. The van der Waals surface area contributed by atoms with Crippen molar-refractivity contribution in [3.63, 3.8) is 0 Å². The van der Waals surface area contributed by atoms with Crippen LogP contribution in [0.1, 0.15) is 73.1 Å². The van der Waals surface area contributed by atoms with E-state index in [4.69, 9.17) is 23.7 Å². The van der Waals surface area contributed by atoms with Gasteiger partial charge in [0.25, 0.3) is 5.91 Å². The molecule has 0 bridgehead atoms. The number of fused-ring (bicyclic) bond motifs is 3. The van der Waals surface area contributed by atoms with E-state index >= 15 is 0 Å². The number of unbranched alkanes of at least 4 members (excludes halogenated alkanes) is 5. The molecular weight excluding hydrogens is 404 g/mol. The van der Waals surface area contributed by atoms with Gasteiger partial charge in [-0.25, -0.2) is 0 Å². The molecule has 3 heterocycles. The zero-order valence-electron chi connectivity index (χ0n) is 19.4. The van der Waals surface area contributed by atoms with Crippen molar-refractivity contribution in [3.05, 3.63) is 0 Å². The number of amides is 2. The Morgan fingerprint density at radius 2 is 1.39 bits per heavy atom. The second-order valence-electron chi connectivity index (χ2n) is 9.43. The molecule has 9 nitrogen and oxygen atoms in total. The van der Waals surface area contributed by atoms with Gasteiger partial charge in [-0.1, -0.05) is 39.0 Å². The number of hydrogen-bond donors (Lipinski definition) is 2. The van der Waals surface area contributed by atoms with Gasteiger partial charge in [0.05, 0.1) is 6.54 Å². The lowest BCUT2D eigenvalue weighted by molar-refractivity contribution is -0.231. The molecule has 31 heavy (non-hydrogen) atoms. The van der Waals surface area contributed by atoms with E-state index in [0.29, 0.717) is 6.54 Å². The van der Waals surface area contributed by atoms with Crippen molar-refractivity contribution in [3.8, 4) is 0 Å². The molecule has 3 aliphatic rings. The predicted molar refractivity (Wildman–Crippen MR) is 112 cm³/mol. The molecule has 0 aromatic carbocycles. The average molecular weight is 443 g/mol. The first-order valence-corrected chi connectivity index (χ1v) is 11.5. The summed E-state index contributed by atoms with van der Waals surface area (Å²) < 4.78 is 29.6. The van der Waals surface area contributed by atoms with Gasteiger partial charge in [-0.15, -0.1) is 0 Å². The van der Waals surface area contributed by atoms with Gasteiger partial charge in [-0.05, 0) is 34.1 Å². The molecule has 178 valence electrons. The minimum Gasteiger partial charge on any atom is -0.355 e. The van der Waals surface area contributed by atoms with Crippen LogP contribution in [0.4, 0.5) is 0 Å². The number of carbonyl (C=O) groups is 2. The highest BCUT2D eigenvalue weighted by Gasteiger charge is 2.62. The summed E-state index contributed by atoms with van der Waals surface area (Å²) in [5.41, 5.74) is 0. The summed E-state index contributed by atoms with van der Waals surface area (Å²) in [4.78, 5) is 24.9. The maximum Gasteiger partial charge on any atom is 0.252 e. The van der Waals surface area contributed by atoms with E-state index in [1.807, 2.05) is 0 Å². The molecule has 0 aromatic heterocycles. The summed E-state index contributed by atoms with van der Waals surface area (Å²) >= 11 is 0. The van der Waals surface area contributed by atoms with Gasteiger partial charge < -0.3 is 34.3 Å². The van der Waals surface area contributed by atoms with E-state index in [1.54, 1.807) is 27.7 Å². The van der Waals surface area contributed by atoms with E-state index in [0.717, 1.165) is 12.8 Å². The van der Waals surface area contributed by atoms with Crippen molar-refractivity contribution in [1.29, 1.82) is 0 Å². The lowest BCUT2D eigenvalue weighted by Gasteiger charge is -2.36. The summed E-state index contributed by atoms with van der Waals surface area (Å²) in [6.07, 6.45) is 3.57. The van der Waals surface area contributed by atoms with Crippen LogP contribution in [0.5, 0.6) is 0 Å². The molecule has 0 radical (unpaired) electrons. The lowest BCUT2D eigenvalue weighted by Crippen LogP contribution is -2.60. The van der Waals surface area contributed by atoms with Crippen molar-refractivity contribution in [1.82, 2.24) is 10.6 Å². The van der Waals surface area contributed by atoms with E-state index < -0.39 is 48.2 Å². The minimum atomic E-state index is -0.961. The standard InChI is InChI=1S/C22H38N2O7/c1-6-7-8-9-10-11-12-23-14(25)13-24-19(26)17-15-16(29-21(2,3)28-15)18-20(27-17)31-22(4,5)30-18/h15-18,20H,6-13H2,1-5H3,(H,23,25)(H,24,26)/t15-,16+,17-,18-,20-/m1/s1. The normalized spacial score (nSPS) is 32.9. The molecular formula is C22H38N2O7. The van der Waals surface area contributed by atoms with Crippen molar-refractivity contribution in [2.75, 3.05) is 13.1 Å². The molecule has 3 rings (SSSR count). The first-order valence-electron chi connectivity index (χ1n) is 11.5. The zero-order chi connectivity index (χ0) is 22.6. The van der Waals surface area contributed by atoms with Gasteiger partial charge in [0.15, 0.2) is 24.0 Å². The molecule has 0 unspecified atom stereocenters. The van der Waals surface area contributed by atoms with Gasteiger partial charge in [0, 0.05) is 6.54 Å². The van der Waals surface area contributed by atoms with Crippen LogP contribution in [0.2, 0.25) is 0 Å². The minimum absolute atomic E-state index is 0.118. The van der Waals surface area contributed by atoms with Gasteiger partial charge in [-0.3, -0.25) is 9.59 Å². The predicted octanol–water partition coefficient (Wildman–Crippen LogP) is 1.98. The Labute approximate surface area is 184 Å². The number of rotatable bonds is 10. The SMILES string of the molecule is CCCCCCCCNC(=O)CNC(=O)[C@@H]1O[C@@H]2OC(C)(C)O[C@@H]2[C@H]2OC(C)(C)O[C@H]21. The maximum atomic E-state index is 12.8. The second kappa shape index (κ2) is 10.1. The summed E-state index contributed by atoms with van der Waals surface area (Å²) in [5, 5.41) is 5.50. The Kier molecular flexibility index (Phi) is 7.96. The van der Waals surface area contributed by atoms with Crippen LogP contribution < -0.4 is 10.6 Å². The Balaban J connectivity index is 1.46. The fourth-order valence-corrected chi connectivity index (χ4v) is 4.29. The third kappa shape index (κ3) is 6.38. The molecule has 9 heteroatoms. The molecule has 0 saturated carbocycles. The van der Waals surface area contributed by atoms with Gasteiger partial charge in [0.2, 0.25) is 5.91 Å². The van der Waals surface area contributed by atoms with Crippen LogP contribution in [0.25, 0.3) is 0 Å². The number of carbonyl (C=O) groups excluding carboxylic acids is 2. The first kappa shape index (κ1) is 24.4. The smallest absolute Gasteiger partial charge is 0.252 e. The van der Waals surface area contributed by atoms with Crippen molar-refractivity contribution >= 4 is 11.8 Å². The Morgan fingerprint density at radius 3 is 2.13 bits per heavy atom. The highest BCUT2D eigenvalue weighted by Crippen LogP contribution is 2.44. The third-order valence-electron chi connectivity index (χ3n) is 5.69. The molecule has 0 spiro atoms. The van der Waals surface area contributed by atoms with Gasteiger partial charge in [-0.2, -0.15) is 0 Å². The number of hydrogen-bond acceptors (Lipinski definition) is 7. The van der Waals surface area contributed by atoms with Crippen molar-refractivity contribution < 1.29 is 33.3 Å². The second-order valence-corrected chi connectivity index (χ2v) is 9.43.